The fraction of sp³-hybridized carbons (Fsp3) is 0.579. The minimum absolute atomic E-state index is 0.299. The minimum Gasteiger partial charge on any atom is -0.373 e. The van der Waals surface area contributed by atoms with Crippen LogP contribution in [0.3, 0.4) is 0 Å². The second kappa shape index (κ2) is 7.54. The Morgan fingerprint density at radius 1 is 0.963 bits per heavy atom. The van der Waals surface area contributed by atoms with Gasteiger partial charge in [0.1, 0.15) is 23.3 Å². The number of hydrogen-bond donors (Lipinski definition) is 2. The third-order valence-corrected chi connectivity index (χ3v) is 5.42. The molecule has 0 bridgehead atoms. The van der Waals surface area contributed by atoms with E-state index in [-0.39, 0.29) is 0 Å². The number of aromatic nitrogens is 4. The van der Waals surface area contributed by atoms with Crippen LogP contribution in [-0.2, 0) is 0 Å². The largest absolute Gasteiger partial charge is 0.373 e. The van der Waals surface area contributed by atoms with Crippen molar-refractivity contribution < 1.29 is 0 Å². The van der Waals surface area contributed by atoms with E-state index < -0.39 is 0 Å². The van der Waals surface area contributed by atoms with Gasteiger partial charge in [0.15, 0.2) is 0 Å². The molecule has 2 aliphatic rings. The van der Waals surface area contributed by atoms with E-state index in [4.69, 9.17) is 10.7 Å². The number of aryl methyl sites for hydroxylation is 1. The number of nitrogen functional groups attached to an aromatic ring is 1. The fourth-order valence-corrected chi connectivity index (χ4v) is 4.06. The second-order valence-corrected chi connectivity index (χ2v) is 7.40. The van der Waals surface area contributed by atoms with Crippen molar-refractivity contribution in [2.75, 3.05) is 54.1 Å². The highest BCUT2D eigenvalue weighted by atomic mass is 15.2. The lowest BCUT2D eigenvalue weighted by Crippen LogP contribution is -2.35. The standard InChI is InChI=1S/C19H28N8/c1-13-22-15(10-17(23-13)26-7-3-4-8-26)14-6-5-9-27(12-14)18-11-16(21-2)24-19(20)25-18/h10-11,14H,3-9,12H2,1-2H3,(H3,20,21,24,25)/t14-/m0/s1. The highest BCUT2D eigenvalue weighted by Gasteiger charge is 2.25. The zero-order valence-electron chi connectivity index (χ0n) is 16.1. The van der Waals surface area contributed by atoms with Gasteiger partial charge < -0.3 is 20.9 Å². The third kappa shape index (κ3) is 3.89. The number of nitrogens with one attached hydrogen (secondary N) is 1. The lowest BCUT2D eigenvalue weighted by atomic mass is 9.94. The van der Waals surface area contributed by atoms with E-state index in [9.17, 15) is 0 Å². The smallest absolute Gasteiger partial charge is 0.223 e. The molecule has 0 aliphatic carbocycles. The van der Waals surface area contributed by atoms with Gasteiger partial charge in [0.2, 0.25) is 5.95 Å². The molecular weight excluding hydrogens is 340 g/mol. The molecule has 2 aliphatic heterocycles. The molecule has 0 amide bonds. The van der Waals surface area contributed by atoms with Crippen LogP contribution in [0.25, 0.3) is 0 Å². The van der Waals surface area contributed by atoms with E-state index in [0.29, 0.717) is 11.9 Å². The lowest BCUT2D eigenvalue weighted by molar-refractivity contribution is 0.497. The summed E-state index contributed by atoms with van der Waals surface area (Å²) in [6.07, 6.45) is 4.73. The zero-order chi connectivity index (χ0) is 18.8. The first kappa shape index (κ1) is 17.8. The maximum absolute atomic E-state index is 5.88. The Hall–Kier alpha value is -2.64. The third-order valence-electron chi connectivity index (χ3n) is 5.42. The predicted molar refractivity (Wildman–Crippen MR) is 108 cm³/mol. The molecule has 0 unspecified atom stereocenters. The summed E-state index contributed by atoms with van der Waals surface area (Å²) in [7, 11) is 1.84. The molecule has 1 atom stereocenters. The van der Waals surface area contributed by atoms with Gasteiger partial charge in [-0.15, -0.1) is 0 Å². The molecule has 144 valence electrons. The monoisotopic (exact) mass is 368 g/mol. The molecule has 2 saturated heterocycles. The highest BCUT2D eigenvalue weighted by Crippen LogP contribution is 2.31. The van der Waals surface area contributed by atoms with Gasteiger partial charge in [-0.25, -0.2) is 9.97 Å². The minimum atomic E-state index is 0.299. The van der Waals surface area contributed by atoms with Crippen LogP contribution in [0.15, 0.2) is 12.1 Å². The molecule has 0 saturated carbocycles. The topological polar surface area (TPSA) is 96.1 Å². The van der Waals surface area contributed by atoms with Crippen molar-refractivity contribution in [1.82, 2.24) is 19.9 Å². The van der Waals surface area contributed by atoms with Crippen molar-refractivity contribution in [3.05, 3.63) is 23.7 Å². The van der Waals surface area contributed by atoms with Gasteiger partial charge in [-0.05, 0) is 32.6 Å². The molecule has 3 N–H and O–H groups in total. The summed E-state index contributed by atoms with van der Waals surface area (Å²) >= 11 is 0. The molecule has 2 fully saturated rings. The number of piperidine rings is 1. The van der Waals surface area contributed by atoms with Gasteiger partial charge >= 0.3 is 0 Å². The van der Waals surface area contributed by atoms with Crippen LogP contribution in [-0.4, -0.2) is 53.2 Å². The van der Waals surface area contributed by atoms with Crippen LogP contribution < -0.4 is 20.9 Å². The average Bonchev–Trinajstić information content (AvgIpc) is 3.22. The van der Waals surface area contributed by atoms with Crippen molar-refractivity contribution in [1.29, 1.82) is 0 Å². The maximum atomic E-state index is 5.88. The molecular formula is C19H28N8. The summed E-state index contributed by atoms with van der Waals surface area (Å²) in [6, 6.07) is 4.15. The molecule has 8 heteroatoms. The normalized spacial score (nSPS) is 20.1. The molecule has 0 radical (unpaired) electrons. The lowest BCUT2D eigenvalue weighted by Gasteiger charge is -2.33. The Balaban J connectivity index is 1.57. The van der Waals surface area contributed by atoms with Crippen LogP contribution in [0.5, 0.6) is 0 Å². The molecule has 4 heterocycles. The second-order valence-electron chi connectivity index (χ2n) is 7.40. The van der Waals surface area contributed by atoms with Crippen molar-refractivity contribution in [3.63, 3.8) is 0 Å². The van der Waals surface area contributed by atoms with E-state index >= 15 is 0 Å². The Morgan fingerprint density at radius 3 is 2.48 bits per heavy atom. The zero-order valence-corrected chi connectivity index (χ0v) is 16.1. The van der Waals surface area contributed by atoms with Crippen LogP contribution in [0.2, 0.25) is 0 Å². The Labute approximate surface area is 160 Å². The highest BCUT2D eigenvalue weighted by molar-refractivity contribution is 5.53. The number of rotatable bonds is 4. The van der Waals surface area contributed by atoms with Crippen molar-refractivity contribution in [3.8, 4) is 0 Å². The summed E-state index contributed by atoms with van der Waals surface area (Å²) in [5.41, 5.74) is 7.03. The predicted octanol–water partition coefficient (Wildman–Crippen LogP) is 2.18. The molecule has 2 aromatic heterocycles. The maximum Gasteiger partial charge on any atom is 0.223 e. The quantitative estimate of drug-likeness (QED) is 0.848. The molecule has 8 nitrogen and oxygen atoms in total. The molecule has 2 aromatic rings. The van der Waals surface area contributed by atoms with E-state index in [1.54, 1.807) is 0 Å². The summed E-state index contributed by atoms with van der Waals surface area (Å²) in [5.74, 6) is 4.23. The first-order valence-electron chi connectivity index (χ1n) is 9.80. The van der Waals surface area contributed by atoms with E-state index in [2.05, 4.69) is 36.1 Å². The Morgan fingerprint density at radius 2 is 1.70 bits per heavy atom. The van der Waals surface area contributed by atoms with Crippen molar-refractivity contribution >= 4 is 23.4 Å². The first-order valence-corrected chi connectivity index (χ1v) is 9.80. The fourth-order valence-electron chi connectivity index (χ4n) is 4.06. The van der Waals surface area contributed by atoms with Gasteiger partial charge in [-0.3, -0.25) is 0 Å². The van der Waals surface area contributed by atoms with Crippen molar-refractivity contribution in [2.24, 2.45) is 0 Å². The van der Waals surface area contributed by atoms with Gasteiger partial charge in [0.25, 0.3) is 0 Å². The van der Waals surface area contributed by atoms with Crippen molar-refractivity contribution in [2.45, 2.75) is 38.5 Å². The first-order chi connectivity index (χ1) is 13.1. The van der Waals surface area contributed by atoms with Crippen LogP contribution in [0, 0.1) is 6.92 Å². The molecule has 0 spiro atoms. The number of hydrogen-bond acceptors (Lipinski definition) is 8. The van der Waals surface area contributed by atoms with Gasteiger partial charge in [-0.1, -0.05) is 0 Å². The van der Waals surface area contributed by atoms with E-state index in [1.807, 2.05) is 20.0 Å². The number of nitrogens with two attached hydrogens (primary N) is 1. The Kier molecular flexibility index (Phi) is 4.96. The van der Waals surface area contributed by atoms with Crippen LogP contribution >= 0.6 is 0 Å². The van der Waals surface area contributed by atoms with Gasteiger partial charge in [-0.2, -0.15) is 9.97 Å². The average molecular weight is 368 g/mol. The van der Waals surface area contributed by atoms with Gasteiger partial charge in [0, 0.05) is 51.3 Å². The number of nitrogens with zero attached hydrogens (tertiary/aromatic N) is 6. The molecule has 0 aromatic carbocycles. The van der Waals surface area contributed by atoms with Crippen LogP contribution in [0.4, 0.5) is 23.4 Å². The molecule has 4 rings (SSSR count). The Bertz CT molecular complexity index is 802. The van der Waals surface area contributed by atoms with Gasteiger partial charge in [0.05, 0.1) is 5.69 Å². The summed E-state index contributed by atoms with van der Waals surface area (Å²) in [4.78, 5) is 22.8. The SMILES string of the molecule is CNc1cc(N2CCC[C@H](c3cc(N4CCCC4)nc(C)n3)C2)nc(N)n1. The van der Waals surface area contributed by atoms with E-state index in [1.165, 1.54) is 12.8 Å². The summed E-state index contributed by atoms with van der Waals surface area (Å²) < 4.78 is 0. The molecule has 27 heavy (non-hydrogen) atoms. The van der Waals surface area contributed by atoms with E-state index in [0.717, 1.165) is 68.0 Å². The summed E-state index contributed by atoms with van der Waals surface area (Å²) in [5, 5.41) is 3.05. The summed E-state index contributed by atoms with van der Waals surface area (Å²) in [6.45, 7) is 6.04. The van der Waals surface area contributed by atoms with Crippen LogP contribution in [0.1, 0.15) is 43.1 Å². The number of anilines is 4.